The molecule has 0 amide bonds. The monoisotopic (exact) mass is 240 g/mol. The molecule has 1 aliphatic carbocycles. The third-order valence-corrected chi connectivity index (χ3v) is 4.35. The quantitative estimate of drug-likeness (QED) is 0.865. The van der Waals surface area contributed by atoms with Crippen molar-refractivity contribution in [2.75, 3.05) is 12.9 Å². The van der Waals surface area contributed by atoms with E-state index in [1.165, 1.54) is 6.26 Å². The maximum absolute atomic E-state index is 11.3. The van der Waals surface area contributed by atoms with Crippen molar-refractivity contribution >= 4 is 9.84 Å². The molecule has 1 aromatic carbocycles. The highest BCUT2D eigenvalue weighted by atomic mass is 32.2. The predicted octanol–water partition coefficient (Wildman–Crippen LogP) is 1.41. The average Bonchev–Trinajstić information content (AvgIpc) is 2.98. The average molecular weight is 240 g/mol. The summed E-state index contributed by atoms with van der Waals surface area (Å²) in [6.45, 7) is 0.223. The highest BCUT2D eigenvalue weighted by Gasteiger charge is 2.41. The van der Waals surface area contributed by atoms with Crippen molar-refractivity contribution in [2.24, 2.45) is 5.41 Å². The first-order valence-corrected chi connectivity index (χ1v) is 7.24. The van der Waals surface area contributed by atoms with Gasteiger partial charge in [0.1, 0.15) is 0 Å². The van der Waals surface area contributed by atoms with Crippen LogP contribution in [0.1, 0.15) is 18.4 Å². The van der Waals surface area contributed by atoms with E-state index in [1.54, 1.807) is 12.1 Å². The lowest BCUT2D eigenvalue weighted by molar-refractivity contribution is 0.211. The molecule has 1 N–H and O–H groups in total. The second kappa shape index (κ2) is 3.86. The van der Waals surface area contributed by atoms with Crippen LogP contribution >= 0.6 is 0 Å². The van der Waals surface area contributed by atoms with Gasteiger partial charge in [0, 0.05) is 12.9 Å². The Kier molecular flexibility index (Phi) is 2.80. The Morgan fingerprint density at radius 2 is 1.81 bits per heavy atom. The zero-order valence-corrected chi connectivity index (χ0v) is 10.1. The summed E-state index contributed by atoms with van der Waals surface area (Å²) in [7, 11) is -3.10. The van der Waals surface area contributed by atoms with Crippen molar-refractivity contribution < 1.29 is 13.5 Å². The van der Waals surface area contributed by atoms with Crippen LogP contribution in [0.5, 0.6) is 0 Å². The van der Waals surface area contributed by atoms with Crippen LogP contribution in [0.25, 0.3) is 0 Å². The van der Waals surface area contributed by atoms with Crippen molar-refractivity contribution in [3.8, 4) is 0 Å². The lowest BCUT2D eigenvalue weighted by atomic mass is 9.98. The van der Waals surface area contributed by atoms with Gasteiger partial charge in [-0.1, -0.05) is 12.1 Å². The minimum atomic E-state index is -3.10. The number of aliphatic hydroxyl groups is 1. The summed E-state index contributed by atoms with van der Waals surface area (Å²) in [5.74, 6) is 0. The summed E-state index contributed by atoms with van der Waals surface area (Å²) in [5.41, 5.74) is 1.17. The van der Waals surface area contributed by atoms with Gasteiger partial charge in [-0.3, -0.25) is 0 Å². The fourth-order valence-electron chi connectivity index (χ4n) is 1.86. The molecule has 1 aromatic rings. The van der Waals surface area contributed by atoms with E-state index in [4.69, 9.17) is 0 Å². The van der Waals surface area contributed by atoms with Crippen LogP contribution in [0, 0.1) is 5.41 Å². The number of aliphatic hydroxyl groups excluding tert-OH is 1. The molecule has 1 saturated carbocycles. The molecule has 0 heterocycles. The fourth-order valence-corrected chi connectivity index (χ4v) is 2.49. The van der Waals surface area contributed by atoms with Crippen LogP contribution in [0.4, 0.5) is 0 Å². The van der Waals surface area contributed by atoms with E-state index < -0.39 is 9.84 Å². The Balaban J connectivity index is 2.14. The van der Waals surface area contributed by atoms with Crippen LogP contribution in [0.15, 0.2) is 29.2 Å². The number of hydrogen-bond donors (Lipinski definition) is 1. The van der Waals surface area contributed by atoms with Crippen molar-refractivity contribution in [2.45, 2.75) is 24.2 Å². The third kappa shape index (κ3) is 2.44. The van der Waals surface area contributed by atoms with Gasteiger partial charge in [-0.2, -0.15) is 0 Å². The Hall–Kier alpha value is -0.870. The highest BCUT2D eigenvalue weighted by Crippen LogP contribution is 2.47. The van der Waals surface area contributed by atoms with Gasteiger partial charge in [0.2, 0.25) is 0 Å². The Labute approximate surface area is 96.0 Å². The van der Waals surface area contributed by atoms with Gasteiger partial charge >= 0.3 is 0 Å². The Morgan fingerprint density at radius 1 is 1.25 bits per heavy atom. The lowest BCUT2D eigenvalue weighted by Crippen LogP contribution is -2.10. The minimum absolute atomic E-state index is 0.0760. The zero-order valence-electron chi connectivity index (χ0n) is 9.31. The van der Waals surface area contributed by atoms with E-state index in [0.717, 1.165) is 24.8 Å². The molecule has 88 valence electrons. The van der Waals surface area contributed by atoms with Crippen LogP contribution in [-0.4, -0.2) is 26.4 Å². The van der Waals surface area contributed by atoms with Crippen molar-refractivity contribution in [1.82, 2.24) is 0 Å². The second-order valence-electron chi connectivity index (χ2n) is 4.75. The first-order valence-electron chi connectivity index (χ1n) is 5.35. The van der Waals surface area contributed by atoms with E-state index >= 15 is 0 Å². The minimum Gasteiger partial charge on any atom is -0.396 e. The molecule has 1 fully saturated rings. The molecule has 0 saturated heterocycles. The van der Waals surface area contributed by atoms with Gasteiger partial charge < -0.3 is 5.11 Å². The van der Waals surface area contributed by atoms with Crippen LogP contribution in [0.3, 0.4) is 0 Å². The van der Waals surface area contributed by atoms with E-state index in [1.807, 2.05) is 12.1 Å². The standard InChI is InChI=1S/C12H16O3S/c1-16(14,15)11-4-2-10(3-5-11)8-12(9-13)6-7-12/h2-5,13H,6-9H2,1H3. The molecule has 0 radical (unpaired) electrons. The fraction of sp³-hybridized carbons (Fsp3) is 0.500. The normalized spacial score (nSPS) is 18.4. The molecule has 0 unspecified atom stereocenters. The summed E-state index contributed by atoms with van der Waals surface area (Å²) in [4.78, 5) is 0.352. The molecule has 0 aromatic heterocycles. The summed E-state index contributed by atoms with van der Waals surface area (Å²) < 4.78 is 22.5. The molecule has 4 heteroatoms. The first-order chi connectivity index (χ1) is 7.45. The lowest BCUT2D eigenvalue weighted by Gasteiger charge is -2.11. The third-order valence-electron chi connectivity index (χ3n) is 3.22. The highest BCUT2D eigenvalue weighted by molar-refractivity contribution is 7.90. The summed E-state index contributed by atoms with van der Waals surface area (Å²) in [6.07, 6.45) is 4.18. The molecule has 1 aliphatic rings. The molecule has 0 bridgehead atoms. The van der Waals surface area contributed by atoms with Crippen molar-refractivity contribution in [3.05, 3.63) is 29.8 Å². The number of rotatable bonds is 4. The van der Waals surface area contributed by atoms with Crippen LogP contribution in [-0.2, 0) is 16.3 Å². The second-order valence-corrected chi connectivity index (χ2v) is 6.77. The molecule has 3 nitrogen and oxygen atoms in total. The van der Waals surface area contributed by atoms with Crippen LogP contribution < -0.4 is 0 Å². The summed E-state index contributed by atoms with van der Waals surface area (Å²) in [6, 6.07) is 6.95. The van der Waals surface area contributed by atoms with E-state index in [9.17, 15) is 13.5 Å². The summed E-state index contributed by atoms with van der Waals surface area (Å²) in [5, 5.41) is 9.21. The number of hydrogen-bond acceptors (Lipinski definition) is 3. The van der Waals surface area contributed by atoms with Gasteiger partial charge in [-0.05, 0) is 42.4 Å². The topological polar surface area (TPSA) is 54.4 Å². The zero-order chi connectivity index (χ0) is 11.8. The van der Waals surface area contributed by atoms with Crippen molar-refractivity contribution in [3.63, 3.8) is 0 Å². The van der Waals surface area contributed by atoms with E-state index in [0.29, 0.717) is 4.90 Å². The van der Waals surface area contributed by atoms with Crippen LogP contribution in [0.2, 0.25) is 0 Å². The molecular formula is C12H16O3S. The van der Waals surface area contributed by atoms with Gasteiger partial charge in [0.25, 0.3) is 0 Å². The maximum atomic E-state index is 11.3. The molecule has 2 rings (SSSR count). The molecule has 0 aliphatic heterocycles. The van der Waals surface area contributed by atoms with Gasteiger partial charge in [0.15, 0.2) is 9.84 Å². The smallest absolute Gasteiger partial charge is 0.175 e. The largest absolute Gasteiger partial charge is 0.396 e. The van der Waals surface area contributed by atoms with E-state index in [-0.39, 0.29) is 12.0 Å². The van der Waals surface area contributed by atoms with Gasteiger partial charge in [0.05, 0.1) is 4.90 Å². The number of sulfone groups is 1. The van der Waals surface area contributed by atoms with Gasteiger partial charge in [-0.25, -0.2) is 8.42 Å². The SMILES string of the molecule is CS(=O)(=O)c1ccc(CC2(CO)CC2)cc1. The molecular weight excluding hydrogens is 224 g/mol. The molecule has 0 atom stereocenters. The summed E-state index contributed by atoms with van der Waals surface area (Å²) >= 11 is 0. The van der Waals surface area contributed by atoms with E-state index in [2.05, 4.69) is 0 Å². The molecule has 0 spiro atoms. The Bertz CT molecular complexity index is 469. The van der Waals surface area contributed by atoms with Gasteiger partial charge in [-0.15, -0.1) is 0 Å². The predicted molar refractivity (Wildman–Crippen MR) is 62.0 cm³/mol. The number of benzene rings is 1. The molecule has 16 heavy (non-hydrogen) atoms. The Morgan fingerprint density at radius 3 is 2.19 bits per heavy atom. The van der Waals surface area contributed by atoms with Crippen molar-refractivity contribution in [1.29, 1.82) is 0 Å². The first kappa shape index (κ1) is 11.6. The maximum Gasteiger partial charge on any atom is 0.175 e.